The van der Waals surface area contributed by atoms with E-state index in [0.717, 1.165) is 5.56 Å². The van der Waals surface area contributed by atoms with Gasteiger partial charge in [-0.05, 0) is 17.7 Å². The predicted molar refractivity (Wildman–Crippen MR) is 61.1 cm³/mol. The van der Waals surface area contributed by atoms with Crippen LogP contribution in [0, 0.1) is 0 Å². The highest BCUT2D eigenvalue weighted by Crippen LogP contribution is 2.10. The first kappa shape index (κ1) is 12.4. The molecule has 0 aromatic heterocycles. The highest BCUT2D eigenvalue weighted by molar-refractivity contribution is 7.89. The molecule has 1 aromatic carbocycles. The van der Waals surface area contributed by atoms with E-state index in [-0.39, 0.29) is 18.8 Å². The molecule has 0 bridgehead atoms. The molecular formula is C9H13ClN2O2S. The highest BCUT2D eigenvalue weighted by atomic mass is 35.5. The molecule has 0 aliphatic rings. The molecule has 0 fully saturated rings. The van der Waals surface area contributed by atoms with Crippen LogP contribution < -0.4 is 10.5 Å². The van der Waals surface area contributed by atoms with Gasteiger partial charge in [-0.15, -0.1) is 0 Å². The molecule has 15 heavy (non-hydrogen) atoms. The Balaban J connectivity index is 2.58. The first-order chi connectivity index (χ1) is 7.03. The van der Waals surface area contributed by atoms with Crippen molar-refractivity contribution in [1.29, 1.82) is 0 Å². The molecule has 0 aliphatic carbocycles. The minimum atomic E-state index is -3.26. The molecular weight excluding hydrogens is 236 g/mol. The van der Waals surface area contributed by atoms with Gasteiger partial charge in [0.2, 0.25) is 10.0 Å². The van der Waals surface area contributed by atoms with Gasteiger partial charge in [0.15, 0.2) is 0 Å². The van der Waals surface area contributed by atoms with E-state index < -0.39 is 10.0 Å². The Morgan fingerprint density at radius 1 is 1.40 bits per heavy atom. The minimum absolute atomic E-state index is 0.0619. The Morgan fingerprint density at radius 3 is 2.73 bits per heavy atom. The largest absolute Gasteiger partial charge is 0.329 e. The van der Waals surface area contributed by atoms with E-state index in [1.54, 1.807) is 24.3 Å². The summed E-state index contributed by atoms with van der Waals surface area (Å²) in [6.07, 6.45) is 0. The second-order valence-corrected chi connectivity index (χ2v) is 5.42. The normalized spacial score (nSPS) is 11.6. The lowest BCUT2D eigenvalue weighted by Crippen LogP contribution is -2.29. The lowest BCUT2D eigenvalue weighted by Gasteiger charge is -2.05. The van der Waals surface area contributed by atoms with Crippen molar-refractivity contribution in [3.63, 3.8) is 0 Å². The molecule has 0 spiro atoms. The standard InChI is InChI=1S/C9H13ClN2O2S/c10-9-3-1-2-8(6-9)7-12-15(13,14)5-4-11/h1-3,6,12H,4-5,7,11H2. The molecule has 0 heterocycles. The molecule has 0 atom stereocenters. The number of nitrogens with two attached hydrogens (primary N) is 1. The third-order valence-corrected chi connectivity index (χ3v) is 3.36. The zero-order valence-corrected chi connectivity index (χ0v) is 9.68. The number of hydrogen-bond donors (Lipinski definition) is 2. The number of nitrogens with one attached hydrogen (secondary N) is 1. The van der Waals surface area contributed by atoms with Crippen molar-refractivity contribution in [2.75, 3.05) is 12.3 Å². The van der Waals surface area contributed by atoms with Crippen LogP contribution in [0.5, 0.6) is 0 Å². The third-order valence-electron chi connectivity index (χ3n) is 1.77. The molecule has 6 heteroatoms. The monoisotopic (exact) mass is 248 g/mol. The van der Waals surface area contributed by atoms with E-state index in [4.69, 9.17) is 17.3 Å². The minimum Gasteiger partial charge on any atom is -0.329 e. The number of benzene rings is 1. The van der Waals surface area contributed by atoms with Gasteiger partial charge in [0, 0.05) is 18.1 Å². The average molecular weight is 249 g/mol. The third kappa shape index (κ3) is 4.61. The van der Waals surface area contributed by atoms with Crippen LogP contribution in [0.4, 0.5) is 0 Å². The van der Waals surface area contributed by atoms with Gasteiger partial charge in [-0.3, -0.25) is 0 Å². The van der Waals surface area contributed by atoms with Crippen LogP contribution in [0.25, 0.3) is 0 Å². The zero-order valence-electron chi connectivity index (χ0n) is 8.11. The molecule has 0 unspecified atom stereocenters. The van der Waals surface area contributed by atoms with E-state index in [9.17, 15) is 8.42 Å². The van der Waals surface area contributed by atoms with Crippen LogP contribution in [-0.4, -0.2) is 20.7 Å². The predicted octanol–water partition coefficient (Wildman–Crippen LogP) is 0.718. The molecule has 84 valence electrons. The van der Waals surface area contributed by atoms with Crippen molar-refractivity contribution in [3.05, 3.63) is 34.9 Å². The van der Waals surface area contributed by atoms with Crippen LogP contribution in [0.15, 0.2) is 24.3 Å². The van der Waals surface area contributed by atoms with E-state index in [1.807, 2.05) is 0 Å². The van der Waals surface area contributed by atoms with E-state index in [1.165, 1.54) is 0 Å². The van der Waals surface area contributed by atoms with Crippen molar-refractivity contribution in [2.45, 2.75) is 6.54 Å². The van der Waals surface area contributed by atoms with Gasteiger partial charge in [-0.2, -0.15) is 0 Å². The molecule has 1 rings (SSSR count). The van der Waals surface area contributed by atoms with Crippen LogP contribution in [-0.2, 0) is 16.6 Å². The van der Waals surface area contributed by atoms with Gasteiger partial charge in [0.25, 0.3) is 0 Å². The molecule has 0 saturated carbocycles. The Labute approximate surface area is 94.5 Å². The molecule has 0 saturated heterocycles. The van der Waals surface area contributed by atoms with Crippen LogP contribution in [0.1, 0.15) is 5.56 Å². The summed E-state index contributed by atoms with van der Waals surface area (Å²) in [5.74, 6) is -0.0619. The quantitative estimate of drug-likeness (QED) is 0.807. The second-order valence-electron chi connectivity index (χ2n) is 3.06. The summed E-state index contributed by atoms with van der Waals surface area (Å²) in [7, 11) is -3.26. The first-order valence-corrected chi connectivity index (χ1v) is 6.48. The fraction of sp³-hybridized carbons (Fsp3) is 0.333. The van der Waals surface area contributed by atoms with Crippen LogP contribution >= 0.6 is 11.6 Å². The maximum Gasteiger partial charge on any atom is 0.213 e. The fourth-order valence-electron chi connectivity index (χ4n) is 1.07. The number of halogens is 1. The van der Waals surface area contributed by atoms with Crippen molar-refractivity contribution >= 4 is 21.6 Å². The maximum absolute atomic E-state index is 11.3. The fourth-order valence-corrected chi connectivity index (χ4v) is 2.12. The summed E-state index contributed by atoms with van der Waals surface area (Å²) in [5, 5.41) is 0.588. The van der Waals surface area contributed by atoms with Crippen LogP contribution in [0.3, 0.4) is 0 Å². The highest BCUT2D eigenvalue weighted by Gasteiger charge is 2.07. The molecule has 4 nitrogen and oxygen atoms in total. The summed E-state index contributed by atoms with van der Waals surface area (Å²) in [5.41, 5.74) is 5.99. The Kier molecular flexibility index (Phi) is 4.53. The summed E-state index contributed by atoms with van der Waals surface area (Å²) >= 11 is 5.76. The first-order valence-electron chi connectivity index (χ1n) is 4.45. The van der Waals surface area contributed by atoms with Crippen molar-refractivity contribution in [2.24, 2.45) is 5.73 Å². The molecule has 0 radical (unpaired) electrons. The molecule has 0 aliphatic heterocycles. The molecule has 1 aromatic rings. The summed E-state index contributed by atoms with van der Waals surface area (Å²) in [4.78, 5) is 0. The molecule has 0 amide bonds. The SMILES string of the molecule is NCCS(=O)(=O)NCc1cccc(Cl)c1. The van der Waals surface area contributed by atoms with Crippen molar-refractivity contribution in [1.82, 2.24) is 4.72 Å². The van der Waals surface area contributed by atoms with Crippen molar-refractivity contribution < 1.29 is 8.42 Å². The van der Waals surface area contributed by atoms with E-state index >= 15 is 0 Å². The van der Waals surface area contributed by atoms with Crippen LogP contribution in [0.2, 0.25) is 5.02 Å². The van der Waals surface area contributed by atoms with Gasteiger partial charge in [-0.1, -0.05) is 23.7 Å². The van der Waals surface area contributed by atoms with Gasteiger partial charge >= 0.3 is 0 Å². The average Bonchev–Trinajstić information content (AvgIpc) is 2.15. The maximum atomic E-state index is 11.3. The summed E-state index contributed by atoms with van der Waals surface area (Å²) in [6, 6.07) is 7.03. The Hall–Kier alpha value is -0.620. The summed E-state index contributed by atoms with van der Waals surface area (Å²) in [6.45, 7) is 0.355. The Morgan fingerprint density at radius 2 is 2.13 bits per heavy atom. The lowest BCUT2D eigenvalue weighted by molar-refractivity contribution is 0.581. The van der Waals surface area contributed by atoms with Crippen molar-refractivity contribution in [3.8, 4) is 0 Å². The lowest BCUT2D eigenvalue weighted by atomic mass is 10.2. The molecule has 3 N–H and O–H groups in total. The Bertz CT molecular complexity index is 420. The van der Waals surface area contributed by atoms with Gasteiger partial charge in [-0.25, -0.2) is 13.1 Å². The van der Waals surface area contributed by atoms with Gasteiger partial charge < -0.3 is 5.73 Å². The number of hydrogen-bond acceptors (Lipinski definition) is 3. The number of sulfonamides is 1. The number of rotatable bonds is 5. The van der Waals surface area contributed by atoms with Gasteiger partial charge in [0.05, 0.1) is 5.75 Å². The zero-order chi connectivity index (χ0) is 11.3. The van der Waals surface area contributed by atoms with Gasteiger partial charge in [0.1, 0.15) is 0 Å². The second kappa shape index (κ2) is 5.46. The smallest absolute Gasteiger partial charge is 0.213 e. The van der Waals surface area contributed by atoms with E-state index in [2.05, 4.69) is 4.72 Å². The topological polar surface area (TPSA) is 72.2 Å². The summed E-state index contributed by atoms with van der Waals surface area (Å²) < 4.78 is 25.0. The van der Waals surface area contributed by atoms with E-state index in [0.29, 0.717) is 5.02 Å².